The molecule has 1 saturated heterocycles. The van der Waals surface area contributed by atoms with E-state index in [0.717, 1.165) is 19.6 Å². The second kappa shape index (κ2) is 4.95. The summed E-state index contributed by atoms with van der Waals surface area (Å²) in [6.07, 6.45) is 3.86. The van der Waals surface area contributed by atoms with Gasteiger partial charge in [0.15, 0.2) is 0 Å². The van der Waals surface area contributed by atoms with Gasteiger partial charge in [-0.15, -0.1) is 0 Å². The Kier molecular flexibility index (Phi) is 3.58. The van der Waals surface area contributed by atoms with Gasteiger partial charge in [-0.1, -0.05) is 6.92 Å². The molecule has 1 aromatic heterocycles. The van der Waals surface area contributed by atoms with Crippen molar-refractivity contribution in [2.24, 2.45) is 11.7 Å². The number of rotatable bonds is 4. The third-order valence-corrected chi connectivity index (χ3v) is 3.17. The molecule has 1 fully saturated rings. The van der Waals surface area contributed by atoms with Crippen molar-refractivity contribution < 1.29 is 5.11 Å². The maximum Gasteiger partial charge on any atom is 0.0640 e. The quantitative estimate of drug-likeness (QED) is 0.734. The number of nitrogens with two attached hydrogens (primary N) is 1. The molecule has 2 unspecified atom stereocenters. The van der Waals surface area contributed by atoms with E-state index in [2.05, 4.69) is 16.9 Å². The number of likely N-dealkylation sites (tertiary alicyclic amines) is 1. The molecule has 16 heavy (non-hydrogen) atoms. The zero-order chi connectivity index (χ0) is 11.5. The van der Waals surface area contributed by atoms with Gasteiger partial charge in [-0.2, -0.15) is 5.10 Å². The summed E-state index contributed by atoms with van der Waals surface area (Å²) in [5.74, 6) is 0.576. The van der Waals surface area contributed by atoms with E-state index >= 15 is 0 Å². The maximum atomic E-state index is 8.79. The lowest BCUT2D eigenvalue weighted by Crippen LogP contribution is -2.28. The minimum absolute atomic E-state index is 0.132. The van der Waals surface area contributed by atoms with Gasteiger partial charge in [0.1, 0.15) is 0 Å². The van der Waals surface area contributed by atoms with E-state index in [-0.39, 0.29) is 6.61 Å². The molecule has 90 valence electrons. The van der Waals surface area contributed by atoms with Gasteiger partial charge in [0.25, 0.3) is 0 Å². The molecule has 0 aliphatic carbocycles. The van der Waals surface area contributed by atoms with Crippen LogP contribution in [0.15, 0.2) is 12.4 Å². The number of hydrogen-bond acceptors (Lipinski definition) is 4. The van der Waals surface area contributed by atoms with Gasteiger partial charge in [0.2, 0.25) is 0 Å². The zero-order valence-electron chi connectivity index (χ0n) is 9.71. The highest BCUT2D eigenvalue weighted by Gasteiger charge is 2.26. The summed E-state index contributed by atoms with van der Waals surface area (Å²) in [5, 5.41) is 13.0. The van der Waals surface area contributed by atoms with Crippen LogP contribution < -0.4 is 5.73 Å². The minimum atomic E-state index is 0.132. The zero-order valence-corrected chi connectivity index (χ0v) is 9.71. The molecule has 5 heteroatoms. The molecule has 0 amide bonds. The third kappa shape index (κ3) is 2.61. The van der Waals surface area contributed by atoms with Crippen LogP contribution in [0.4, 0.5) is 0 Å². The predicted molar refractivity (Wildman–Crippen MR) is 61.7 cm³/mol. The first-order chi connectivity index (χ1) is 7.69. The lowest BCUT2D eigenvalue weighted by atomic mass is 10.1. The SMILES string of the molecule is CC1CN(Cc2cnn(CCO)c2)CC1N. The van der Waals surface area contributed by atoms with Crippen LogP contribution in [0, 0.1) is 5.92 Å². The molecular weight excluding hydrogens is 204 g/mol. The highest BCUT2D eigenvalue weighted by Crippen LogP contribution is 2.16. The molecule has 2 rings (SSSR count). The standard InChI is InChI=1S/C11H20N4O/c1-9-5-14(8-11(9)12)6-10-4-13-15(7-10)2-3-16/h4,7,9,11,16H,2-3,5-6,8,12H2,1H3. The summed E-state index contributed by atoms with van der Waals surface area (Å²) in [6, 6.07) is 0.299. The Bertz CT molecular complexity index is 328. The van der Waals surface area contributed by atoms with Crippen molar-refractivity contribution in [1.29, 1.82) is 0 Å². The Labute approximate surface area is 95.8 Å². The third-order valence-electron chi connectivity index (χ3n) is 3.17. The van der Waals surface area contributed by atoms with Crippen molar-refractivity contribution in [2.45, 2.75) is 26.1 Å². The summed E-state index contributed by atoms with van der Waals surface area (Å²) in [7, 11) is 0. The van der Waals surface area contributed by atoms with Gasteiger partial charge in [0, 0.05) is 37.4 Å². The molecule has 0 aromatic carbocycles. The molecule has 2 atom stereocenters. The van der Waals surface area contributed by atoms with Crippen LogP contribution in [-0.4, -0.2) is 45.5 Å². The Morgan fingerprint density at radius 2 is 2.38 bits per heavy atom. The van der Waals surface area contributed by atoms with E-state index in [1.807, 2.05) is 12.4 Å². The first-order valence-electron chi connectivity index (χ1n) is 5.79. The van der Waals surface area contributed by atoms with Gasteiger partial charge in [-0.05, 0) is 5.92 Å². The number of nitrogens with zero attached hydrogens (tertiary/aromatic N) is 3. The van der Waals surface area contributed by atoms with Crippen LogP contribution in [0.3, 0.4) is 0 Å². The molecule has 1 aliphatic heterocycles. The Balaban J connectivity index is 1.89. The summed E-state index contributed by atoms with van der Waals surface area (Å²) >= 11 is 0. The van der Waals surface area contributed by atoms with Gasteiger partial charge in [0.05, 0.1) is 19.3 Å². The molecule has 0 bridgehead atoms. The Hall–Kier alpha value is -0.910. The van der Waals surface area contributed by atoms with Crippen molar-refractivity contribution in [3.8, 4) is 0 Å². The van der Waals surface area contributed by atoms with Crippen LogP contribution in [0.25, 0.3) is 0 Å². The van der Waals surface area contributed by atoms with Crippen molar-refractivity contribution >= 4 is 0 Å². The van der Waals surface area contributed by atoms with Gasteiger partial charge in [-0.3, -0.25) is 9.58 Å². The summed E-state index contributed by atoms with van der Waals surface area (Å²) in [4.78, 5) is 2.36. The van der Waals surface area contributed by atoms with Gasteiger partial charge in [-0.25, -0.2) is 0 Å². The highest BCUT2D eigenvalue weighted by atomic mass is 16.3. The van der Waals surface area contributed by atoms with E-state index in [0.29, 0.717) is 18.5 Å². The summed E-state index contributed by atoms with van der Waals surface area (Å²) < 4.78 is 1.77. The molecule has 1 aliphatic rings. The normalized spacial score (nSPS) is 26.4. The fraction of sp³-hybridized carbons (Fsp3) is 0.727. The first-order valence-corrected chi connectivity index (χ1v) is 5.79. The van der Waals surface area contributed by atoms with E-state index in [1.165, 1.54) is 5.56 Å². The van der Waals surface area contributed by atoms with Crippen LogP contribution in [0.1, 0.15) is 12.5 Å². The number of aliphatic hydroxyl groups is 1. The van der Waals surface area contributed by atoms with Crippen molar-refractivity contribution in [2.75, 3.05) is 19.7 Å². The predicted octanol–water partition coefficient (Wildman–Crippen LogP) is -0.346. The average Bonchev–Trinajstić information content (AvgIpc) is 2.77. The van der Waals surface area contributed by atoms with Crippen molar-refractivity contribution in [3.63, 3.8) is 0 Å². The van der Waals surface area contributed by atoms with Crippen LogP contribution in [0.2, 0.25) is 0 Å². The topological polar surface area (TPSA) is 67.3 Å². The number of aromatic nitrogens is 2. The van der Waals surface area contributed by atoms with Crippen molar-refractivity contribution in [3.05, 3.63) is 18.0 Å². The number of aliphatic hydroxyl groups excluding tert-OH is 1. The lowest BCUT2D eigenvalue weighted by molar-refractivity contribution is 0.269. The van der Waals surface area contributed by atoms with Crippen LogP contribution in [0.5, 0.6) is 0 Å². The van der Waals surface area contributed by atoms with Crippen LogP contribution >= 0.6 is 0 Å². The lowest BCUT2D eigenvalue weighted by Gasteiger charge is -2.13. The molecule has 0 radical (unpaired) electrons. The first kappa shape index (κ1) is 11.6. The van der Waals surface area contributed by atoms with E-state index in [1.54, 1.807) is 4.68 Å². The van der Waals surface area contributed by atoms with E-state index in [4.69, 9.17) is 10.8 Å². The molecule has 3 N–H and O–H groups in total. The average molecular weight is 224 g/mol. The molecule has 0 saturated carbocycles. The largest absolute Gasteiger partial charge is 0.394 e. The maximum absolute atomic E-state index is 8.79. The Morgan fingerprint density at radius 3 is 3.00 bits per heavy atom. The summed E-state index contributed by atoms with van der Waals surface area (Å²) in [6.45, 7) is 5.82. The smallest absolute Gasteiger partial charge is 0.0640 e. The Morgan fingerprint density at radius 1 is 1.56 bits per heavy atom. The number of hydrogen-bond donors (Lipinski definition) is 2. The summed E-state index contributed by atoms with van der Waals surface area (Å²) in [5.41, 5.74) is 7.17. The monoisotopic (exact) mass is 224 g/mol. The minimum Gasteiger partial charge on any atom is -0.394 e. The van der Waals surface area contributed by atoms with Crippen LogP contribution in [-0.2, 0) is 13.1 Å². The fourth-order valence-corrected chi connectivity index (χ4v) is 2.20. The molecular formula is C11H20N4O. The van der Waals surface area contributed by atoms with E-state index < -0.39 is 0 Å². The fourth-order valence-electron chi connectivity index (χ4n) is 2.20. The van der Waals surface area contributed by atoms with E-state index in [9.17, 15) is 0 Å². The molecule has 5 nitrogen and oxygen atoms in total. The molecule has 0 spiro atoms. The second-order valence-corrected chi connectivity index (χ2v) is 4.67. The van der Waals surface area contributed by atoms with Crippen molar-refractivity contribution in [1.82, 2.24) is 14.7 Å². The second-order valence-electron chi connectivity index (χ2n) is 4.67. The van der Waals surface area contributed by atoms with Gasteiger partial charge < -0.3 is 10.8 Å². The molecule has 1 aromatic rings. The van der Waals surface area contributed by atoms with Gasteiger partial charge >= 0.3 is 0 Å². The molecule has 2 heterocycles. The highest BCUT2D eigenvalue weighted by molar-refractivity contribution is 5.04.